The third-order valence-corrected chi connectivity index (χ3v) is 7.26. The van der Waals surface area contributed by atoms with Gasteiger partial charge in [-0.05, 0) is 82.9 Å². The first kappa shape index (κ1) is 29.4. The number of rotatable bonds is 7. The minimum Gasteiger partial charge on any atom is -0.494 e. The van der Waals surface area contributed by atoms with Crippen LogP contribution in [0.5, 0.6) is 5.75 Å². The molecule has 0 saturated carbocycles. The average molecular weight is 552 g/mol. The predicted octanol–water partition coefficient (Wildman–Crippen LogP) is 6.12. The topological polar surface area (TPSA) is 82.5 Å². The van der Waals surface area contributed by atoms with Gasteiger partial charge in [-0.3, -0.25) is 4.57 Å². The van der Waals surface area contributed by atoms with Gasteiger partial charge < -0.3 is 24.0 Å². The first-order valence-corrected chi connectivity index (χ1v) is 13.7. The van der Waals surface area contributed by atoms with Crippen LogP contribution in [0, 0.1) is 6.92 Å². The second kappa shape index (κ2) is 11.9. The van der Waals surface area contributed by atoms with Crippen molar-refractivity contribution in [1.82, 2.24) is 9.58 Å². The molecule has 0 spiro atoms. The van der Waals surface area contributed by atoms with Crippen molar-refractivity contribution < 1.29 is 28.5 Å². The van der Waals surface area contributed by atoms with E-state index in [1.807, 2.05) is 65.9 Å². The Morgan fingerprint density at radius 1 is 1.10 bits per heavy atom. The zero-order chi connectivity index (χ0) is 29.2. The number of hydrogen-bond acceptors (Lipinski definition) is 8. The summed E-state index contributed by atoms with van der Waals surface area (Å²) in [5.74, 6) is 0.346. The Kier molecular flexibility index (Phi) is 8.75. The number of ether oxygens (including phenoxy) is 4. The molecule has 0 bridgehead atoms. The molecule has 40 heavy (non-hydrogen) atoms. The summed E-state index contributed by atoms with van der Waals surface area (Å²) in [6.07, 6.45) is 3.10. The molecule has 1 aliphatic heterocycles. The van der Waals surface area contributed by atoms with E-state index in [-0.39, 0.29) is 18.1 Å². The number of aromatic nitrogens is 1. The number of hydrogen-bond donors (Lipinski definition) is 0. The molecule has 3 aromatic rings. The number of carbonyl (C=O) groups is 2. The van der Waals surface area contributed by atoms with Crippen molar-refractivity contribution >= 4 is 28.7 Å². The Bertz CT molecular complexity index is 1360. The summed E-state index contributed by atoms with van der Waals surface area (Å²) >= 11 is 0. The molecule has 1 saturated heterocycles. The molecule has 9 heteroatoms. The van der Waals surface area contributed by atoms with Crippen LogP contribution in [0.15, 0.2) is 42.6 Å². The van der Waals surface area contributed by atoms with Crippen LogP contribution in [0.1, 0.15) is 68.1 Å². The molecule has 0 unspecified atom stereocenters. The predicted molar refractivity (Wildman–Crippen MR) is 155 cm³/mol. The highest BCUT2D eigenvalue weighted by molar-refractivity contribution is 6.01. The summed E-state index contributed by atoms with van der Waals surface area (Å²) in [7, 11) is 5.06. The van der Waals surface area contributed by atoms with Gasteiger partial charge in [0.05, 0.1) is 37.4 Å². The van der Waals surface area contributed by atoms with E-state index in [1.54, 1.807) is 30.0 Å². The molecule has 4 rings (SSSR count). The number of nitrogens with zero attached hydrogens (tertiary/aromatic N) is 3. The second-order valence-electron chi connectivity index (χ2n) is 11.1. The van der Waals surface area contributed by atoms with Crippen LogP contribution in [0.3, 0.4) is 0 Å². The number of anilines is 1. The number of benzene rings is 2. The lowest BCUT2D eigenvalue weighted by atomic mass is 9.93. The maximum Gasteiger partial charge on any atom is 0.419 e. The first-order valence-electron chi connectivity index (χ1n) is 13.7. The fraction of sp³-hybridized carbons (Fsp3) is 0.484. The molecule has 1 aliphatic rings. The first-order chi connectivity index (χ1) is 19.0. The maximum atomic E-state index is 13.1. The lowest BCUT2D eigenvalue weighted by Crippen LogP contribution is -2.48. The smallest absolute Gasteiger partial charge is 0.419 e. The van der Waals surface area contributed by atoms with Crippen molar-refractivity contribution in [2.24, 2.45) is 0 Å². The Balaban J connectivity index is 1.78. The maximum absolute atomic E-state index is 13.1. The highest BCUT2D eigenvalue weighted by Gasteiger charge is 2.35. The number of hydrazine groups is 1. The molecule has 2 heterocycles. The van der Waals surface area contributed by atoms with Crippen LogP contribution in [0.2, 0.25) is 0 Å². The van der Waals surface area contributed by atoms with Gasteiger partial charge in [-0.1, -0.05) is 12.1 Å². The summed E-state index contributed by atoms with van der Waals surface area (Å²) in [5.41, 5.74) is 3.50. The number of esters is 1. The van der Waals surface area contributed by atoms with Gasteiger partial charge in [0.1, 0.15) is 17.0 Å². The van der Waals surface area contributed by atoms with Crippen LogP contribution < -0.4 is 9.75 Å². The van der Waals surface area contributed by atoms with Crippen LogP contribution in [0.25, 0.3) is 10.9 Å². The van der Waals surface area contributed by atoms with Crippen molar-refractivity contribution in [2.75, 3.05) is 39.4 Å². The summed E-state index contributed by atoms with van der Waals surface area (Å²) in [6.45, 7) is 11.0. The minimum absolute atomic E-state index is 0.0176. The number of aryl methyl sites for hydroxylation is 1. The van der Waals surface area contributed by atoms with E-state index < -0.39 is 11.7 Å². The fourth-order valence-electron chi connectivity index (χ4n) is 5.51. The summed E-state index contributed by atoms with van der Waals surface area (Å²) < 4.78 is 24.1. The van der Waals surface area contributed by atoms with Gasteiger partial charge in [0.25, 0.3) is 0 Å². The fourth-order valence-corrected chi connectivity index (χ4v) is 5.51. The van der Waals surface area contributed by atoms with Crippen molar-refractivity contribution in [1.29, 1.82) is 0 Å². The Labute approximate surface area is 236 Å². The molecule has 216 valence electrons. The van der Waals surface area contributed by atoms with E-state index in [1.165, 1.54) is 7.11 Å². The molecule has 1 aromatic heterocycles. The molecule has 9 nitrogen and oxygen atoms in total. The molecular formula is C31H41N3O6. The molecule has 2 atom stereocenters. The number of piperidine rings is 1. The van der Waals surface area contributed by atoms with Crippen molar-refractivity contribution in [3.63, 3.8) is 0 Å². The van der Waals surface area contributed by atoms with E-state index >= 15 is 0 Å². The van der Waals surface area contributed by atoms with E-state index in [0.717, 1.165) is 47.1 Å². The van der Waals surface area contributed by atoms with Gasteiger partial charge in [-0.25, -0.2) is 14.6 Å². The molecule has 0 amide bonds. The standard InChI is InChI=1S/C31H41N3O6/c1-9-39-23-14-17-34(25(19-23)21-10-12-22(13-11-21)29(35)38-8)32(6)28-24-15-16-33(30(36)40-31(3,4)5)27(24)20(2)18-26(28)37-7/h10-13,15-16,18,23,25H,9,14,17,19H2,1-8H3/t23-,25-/m0/s1. The highest BCUT2D eigenvalue weighted by atomic mass is 16.6. The third-order valence-electron chi connectivity index (χ3n) is 7.26. The Morgan fingerprint density at radius 3 is 2.40 bits per heavy atom. The van der Waals surface area contributed by atoms with Crippen molar-refractivity contribution in [3.8, 4) is 5.75 Å². The van der Waals surface area contributed by atoms with Gasteiger partial charge in [-0.2, -0.15) is 0 Å². The van der Waals surface area contributed by atoms with Crippen molar-refractivity contribution in [3.05, 3.63) is 59.3 Å². The Morgan fingerprint density at radius 2 is 1.80 bits per heavy atom. The largest absolute Gasteiger partial charge is 0.494 e. The SMILES string of the molecule is CCO[C@H]1CCN(N(C)c2c(OC)cc(C)c3c2ccn3C(=O)OC(C)(C)C)[C@H](c2ccc(C(=O)OC)cc2)C1. The quantitative estimate of drug-likeness (QED) is 0.325. The summed E-state index contributed by atoms with van der Waals surface area (Å²) in [6, 6.07) is 11.4. The highest BCUT2D eigenvalue weighted by Crippen LogP contribution is 2.43. The molecule has 2 aromatic carbocycles. The summed E-state index contributed by atoms with van der Waals surface area (Å²) in [4.78, 5) is 25.1. The molecule has 0 aliphatic carbocycles. The Hall–Kier alpha value is -3.56. The van der Waals surface area contributed by atoms with E-state index in [9.17, 15) is 9.59 Å². The number of methoxy groups -OCH3 is 2. The van der Waals surface area contributed by atoms with E-state index in [4.69, 9.17) is 18.9 Å². The lowest BCUT2D eigenvalue weighted by Gasteiger charge is -2.45. The lowest BCUT2D eigenvalue weighted by molar-refractivity contribution is -0.0133. The normalized spacial score (nSPS) is 18.0. The average Bonchev–Trinajstić information content (AvgIpc) is 3.37. The molecule has 0 radical (unpaired) electrons. The van der Waals surface area contributed by atoms with Gasteiger partial charge in [0.15, 0.2) is 0 Å². The van der Waals surface area contributed by atoms with Crippen LogP contribution in [-0.2, 0) is 14.2 Å². The van der Waals surface area contributed by atoms with Crippen LogP contribution in [0.4, 0.5) is 10.5 Å². The van der Waals surface area contributed by atoms with Crippen LogP contribution >= 0.6 is 0 Å². The number of carbonyl (C=O) groups excluding carboxylic acids is 2. The second-order valence-corrected chi connectivity index (χ2v) is 11.1. The van der Waals surface area contributed by atoms with Gasteiger partial charge in [0.2, 0.25) is 0 Å². The third kappa shape index (κ3) is 5.95. The van der Waals surface area contributed by atoms with Crippen LogP contribution in [-0.4, -0.2) is 67.8 Å². The van der Waals surface area contributed by atoms with Crippen molar-refractivity contribution in [2.45, 2.75) is 65.2 Å². The molecular weight excluding hydrogens is 510 g/mol. The molecule has 1 fully saturated rings. The van der Waals surface area contributed by atoms with E-state index in [2.05, 4.69) is 10.0 Å². The van der Waals surface area contributed by atoms with Gasteiger partial charge in [-0.15, -0.1) is 0 Å². The van der Waals surface area contributed by atoms with E-state index in [0.29, 0.717) is 17.9 Å². The zero-order valence-electron chi connectivity index (χ0n) is 24.8. The minimum atomic E-state index is -0.616. The monoisotopic (exact) mass is 551 g/mol. The van der Waals surface area contributed by atoms with Gasteiger partial charge >= 0.3 is 12.1 Å². The summed E-state index contributed by atoms with van der Waals surface area (Å²) in [5, 5.41) is 5.32. The zero-order valence-corrected chi connectivity index (χ0v) is 24.8. The molecule has 0 N–H and O–H groups in total. The number of fused-ring (bicyclic) bond motifs is 1. The van der Waals surface area contributed by atoms with Gasteiger partial charge in [0, 0.05) is 31.8 Å².